The van der Waals surface area contributed by atoms with E-state index < -0.39 is 6.04 Å². The van der Waals surface area contributed by atoms with Crippen molar-refractivity contribution in [3.8, 4) is 0 Å². The second-order valence-corrected chi connectivity index (χ2v) is 7.60. The maximum atomic E-state index is 12.8. The first-order valence-electron chi connectivity index (χ1n) is 8.59. The van der Waals surface area contributed by atoms with Crippen molar-refractivity contribution < 1.29 is 17.2 Å². The summed E-state index contributed by atoms with van der Waals surface area (Å²) < 4.78 is 0. The van der Waals surface area contributed by atoms with Crippen LogP contribution in [0.3, 0.4) is 0 Å². The molecule has 0 aliphatic carbocycles. The van der Waals surface area contributed by atoms with Gasteiger partial charge in [-0.25, -0.2) is 0 Å². The SMILES string of the molecule is N[C@H](Cc1cccc(Cl)c1)C(=O)N1CCc2c([nH]c3ccc(Cl)cc23)C1.[Cl-]. The molecular weight excluding hydrogens is 405 g/mol. The van der Waals surface area contributed by atoms with Gasteiger partial charge in [0.15, 0.2) is 0 Å². The molecule has 27 heavy (non-hydrogen) atoms. The third-order valence-electron chi connectivity index (χ3n) is 4.91. The lowest BCUT2D eigenvalue weighted by molar-refractivity contribution is -0.133. The number of amides is 1. The van der Waals surface area contributed by atoms with E-state index >= 15 is 0 Å². The Bertz CT molecular complexity index is 986. The van der Waals surface area contributed by atoms with Gasteiger partial charge < -0.3 is 28.0 Å². The molecule has 3 aromatic rings. The van der Waals surface area contributed by atoms with Gasteiger partial charge in [0.1, 0.15) is 0 Å². The Kier molecular flexibility index (Phi) is 6.02. The zero-order valence-corrected chi connectivity index (χ0v) is 16.8. The van der Waals surface area contributed by atoms with Crippen LogP contribution in [0, 0.1) is 0 Å². The first-order chi connectivity index (χ1) is 12.5. The van der Waals surface area contributed by atoms with E-state index in [1.165, 1.54) is 5.56 Å². The van der Waals surface area contributed by atoms with Gasteiger partial charge in [0.2, 0.25) is 5.91 Å². The van der Waals surface area contributed by atoms with Crippen LogP contribution in [0.2, 0.25) is 10.0 Å². The molecule has 2 aromatic carbocycles. The highest BCUT2D eigenvalue weighted by Gasteiger charge is 2.27. The number of carbonyl (C=O) groups is 1. The van der Waals surface area contributed by atoms with Crippen LogP contribution in [-0.4, -0.2) is 28.4 Å². The molecule has 0 bridgehead atoms. The van der Waals surface area contributed by atoms with Crippen molar-refractivity contribution in [2.45, 2.75) is 25.4 Å². The molecule has 1 aliphatic rings. The lowest BCUT2D eigenvalue weighted by Gasteiger charge is -2.29. The van der Waals surface area contributed by atoms with Crippen molar-refractivity contribution in [3.63, 3.8) is 0 Å². The molecule has 0 saturated heterocycles. The Morgan fingerprint density at radius 3 is 2.74 bits per heavy atom. The maximum Gasteiger partial charge on any atom is 0.240 e. The van der Waals surface area contributed by atoms with E-state index in [-0.39, 0.29) is 18.3 Å². The second-order valence-electron chi connectivity index (χ2n) is 6.72. The third-order valence-corrected chi connectivity index (χ3v) is 5.38. The molecule has 1 atom stereocenters. The minimum Gasteiger partial charge on any atom is -1.00 e. The third kappa shape index (κ3) is 4.09. The van der Waals surface area contributed by atoms with Gasteiger partial charge >= 0.3 is 0 Å². The smallest absolute Gasteiger partial charge is 0.240 e. The highest BCUT2D eigenvalue weighted by atomic mass is 35.5. The Balaban J connectivity index is 0.00000210. The summed E-state index contributed by atoms with van der Waals surface area (Å²) in [4.78, 5) is 18.0. The molecule has 1 amide bonds. The Morgan fingerprint density at radius 1 is 1.19 bits per heavy atom. The highest BCUT2D eigenvalue weighted by molar-refractivity contribution is 6.31. The van der Waals surface area contributed by atoms with Crippen LogP contribution in [0.1, 0.15) is 16.8 Å². The van der Waals surface area contributed by atoms with E-state index in [2.05, 4.69) is 4.98 Å². The van der Waals surface area contributed by atoms with E-state index in [0.717, 1.165) is 33.6 Å². The minimum atomic E-state index is -0.575. The van der Waals surface area contributed by atoms with Crippen molar-refractivity contribution in [1.82, 2.24) is 9.88 Å². The number of benzene rings is 2. The van der Waals surface area contributed by atoms with Gasteiger partial charge in [-0.2, -0.15) is 0 Å². The number of carbonyl (C=O) groups excluding carboxylic acids is 1. The quantitative estimate of drug-likeness (QED) is 0.658. The summed E-state index contributed by atoms with van der Waals surface area (Å²) in [5.74, 6) is -0.0349. The molecule has 142 valence electrons. The summed E-state index contributed by atoms with van der Waals surface area (Å²) in [6.45, 7) is 1.21. The largest absolute Gasteiger partial charge is 1.00 e. The summed E-state index contributed by atoms with van der Waals surface area (Å²) in [5.41, 5.74) is 10.5. The predicted molar refractivity (Wildman–Crippen MR) is 106 cm³/mol. The van der Waals surface area contributed by atoms with E-state index in [1.807, 2.05) is 47.4 Å². The Morgan fingerprint density at radius 2 is 1.96 bits per heavy atom. The van der Waals surface area contributed by atoms with Crippen molar-refractivity contribution in [2.75, 3.05) is 6.54 Å². The summed E-state index contributed by atoms with van der Waals surface area (Å²) in [7, 11) is 0. The van der Waals surface area contributed by atoms with E-state index in [1.54, 1.807) is 0 Å². The summed E-state index contributed by atoms with van der Waals surface area (Å²) in [5, 5.41) is 2.52. The maximum absolute atomic E-state index is 12.8. The highest BCUT2D eigenvalue weighted by Crippen LogP contribution is 2.29. The molecule has 0 spiro atoms. The number of nitrogens with two attached hydrogens (primary N) is 1. The topological polar surface area (TPSA) is 62.1 Å². The van der Waals surface area contributed by atoms with E-state index in [9.17, 15) is 4.79 Å². The molecule has 0 unspecified atom stereocenters. The number of H-pyrrole nitrogens is 1. The standard InChI is InChI=1S/C20H19Cl2N3O.ClH/c21-13-3-1-2-12(8-13)9-17(23)20(26)25-7-6-15-16-10-14(22)4-5-18(16)24-19(15)11-25;/h1-5,8,10,17,24H,6-7,9,11,23H2;1H/p-1/t17-;/m1./s1. The van der Waals surface area contributed by atoms with Gasteiger partial charge in [-0.05, 0) is 54.3 Å². The van der Waals surface area contributed by atoms with Crippen LogP contribution in [0.4, 0.5) is 0 Å². The van der Waals surface area contributed by atoms with Gasteiger partial charge in [0.05, 0.1) is 12.6 Å². The Labute approximate surface area is 174 Å². The summed E-state index contributed by atoms with van der Waals surface area (Å²) in [6.07, 6.45) is 1.27. The predicted octanol–water partition coefficient (Wildman–Crippen LogP) is 0.933. The van der Waals surface area contributed by atoms with Crippen molar-refractivity contribution in [3.05, 3.63) is 69.3 Å². The van der Waals surface area contributed by atoms with Crippen LogP contribution in [0.25, 0.3) is 10.9 Å². The zero-order valence-electron chi connectivity index (χ0n) is 14.5. The number of fused-ring (bicyclic) bond motifs is 3. The fourth-order valence-electron chi connectivity index (χ4n) is 3.64. The first kappa shape index (κ1) is 20.0. The molecule has 4 rings (SSSR count). The number of nitrogens with one attached hydrogen (secondary N) is 1. The molecule has 3 N–H and O–H groups in total. The zero-order chi connectivity index (χ0) is 18.3. The number of halogens is 3. The van der Waals surface area contributed by atoms with Crippen LogP contribution >= 0.6 is 23.2 Å². The van der Waals surface area contributed by atoms with E-state index in [4.69, 9.17) is 28.9 Å². The lowest BCUT2D eigenvalue weighted by atomic mass is 10.0. The number of rotatable bonds is 3. The average molecular weight is 424 g/mol. The van der Waals surface area contributed by atoms with Crippen LogP contribution in [-0.2, 0) is 24.2 Å². The number of nitrogens with zero attached hydrogens (tertiary/aromatic N) is 1. The van der Waals surface area contributed by atoms with Gasteiger partial charge in [-0.15, -0.1) is 0 Å². The number of hydrogen-bond acceptors (Lipinski definition) is 2. The molecular formula is C20H19Cl3N3O-. The monoisotopic (exact) mass is 422 g/mol. The number of aromatic amines is 1. The van der Waals surface area contributed by atoms with Crippen molar-refractivity contribution >= 4 is 40.0 Å². The molecule has 0 fully saturated rings. The second kappa shape index (κ2) is 8.11. The molecule has 1 aliphatic heterocycles. The molecule has 4 nitrogen and oxygen atoms in total. The number of hydrogen-bond donors (Lipinski definition) is 2. The van der Waals surface area contributed by atoms with Gasteiger partial charge in [0, 0.05) is 33.2 Å². The minimum absolute atomic E-state index is 0. The van der Waals surface area contributed by atoms with E-state index in [0.29, 0.717) is 24.5 Å². The van der Waals surface area contributed by atoms with Crippen LogP contribution in [0.5, 0.6) is 0 Å². The van der Waals surface area contributed by atoms with Gasteiger partial charge in [-0.3, -0.25) is 4.79 Å². The first-order valence-corrected chi connectivity index (χ1v) is 9.34. The normalized spacial score (nSPS) is 14.6. The molecule has 7 heteroatoms. The molecule has 1 aromatic heterocycles. The van der Waals surface area contributed by atoms with Crippen molar-refractivity contribution in [1.29, 1.82) is 0 Å². The fourth-order valence-corrected chi connectivity index (χ4v) is 4.03. The molecule has 0 saturated carbocycles. The van der Waals surface area contributed by atoms with Crippen LogP contribution in [0.15, 0.2) is 42.5 Å². The lowest BCUT2D eigenvalue weighted by Crippen LogP contribution is -3.00. The van der Waals surface area contributed by atoms with Crippen molar-refractivity contribution in [2.24, 2.45) is 5.73 Å². The van der Waals surface area contributed by atoms with Crippen LogP contribution < -0.4 is 18.1 Å². The Hall–Kier alpha value is -1.72. The molecule has 2 heterocycles. The molecule has 0 radical (unpaired) electrons. The fraction of sp³-hybridized carbons (Fsp3) is 0.250. The van der Waals surface area contributed by atoms with Gasteiger partial charge in [-0.1, -0.05) is 35.3 Å². The summed E-state index contributed by atoms with van der Waals surface area (Å²) in [6, 6.07) is 12.7. The average Bonchev–Trinajstić information content (AvgIpc) is 2.98. The summed E-state index contributed by atoms with van der Waals surface area (Å²) >= 11 is 12.1. The van der Waals surface area contributed by atoms with Gasteiger partial charge in [0.25, 0.3) is 0 Å². The number of aromatic nitrogens is 1.